The molecule has 1 N–H and O–H groups in total. The number of methoxy groups -OCH3 is 1. The number of rotatable bonds is 6. The normalized spacial score (nSPS) is 16.6. The van der Waals surface area contributed by atoms with Crippen LogP contribution in [-0.2, 0) is 16.6 Å². The summed E-state index contributed by atoms with van der Waals surface area (Å²) < 4.78 is 32.0. The van der Waals surface area contributed by atoms with Gasteiger partial charge in [-0.2, -0.15) is 0 Å². The fourth-order valence-corrected chi connectivity index (χ4v) is 4.23. The van der Waals surface area contributed by atoms with Crippen LogP contribution in [0.15, 0.2) is 23.1 Å². The van der Waals surface area contributed by atoms with Crippen molar-refractivity contribution in [1.82, 2.24) is 4.31 Å². The van der Waals surface area contributed by atoms with Crippen molar-refractivity contribution in [3.8, 4) is 5.75 Å². The molecule has 5 nitrogen and oxygen atoms in total. The van der Waals surface area contributed by atoms with E-state index in [0.29, 0.717) is 18.0 Å². The summed E-state index contributed by atoms with van der Waals surface area (Å²) in [5.41, 5.74) is 0.629. The standard InChI is InChI=1S/C15H23NO4S/c1-16(10-12-5-3-4-6-12)21(18,19)15-8-7-13(11-17)9-14(15)20-2/h7-9,12,17H,3-6,10-11H2,1-2H3. The van der Waals surface area contributed by atoms with Crippen LogP contribution in [-0.4, -0.2) is 38.5 Å². The quantitative estimate of drug-likeness (QED) is 0.872. The Balaban J connectivity index is 2.25. The molecule has 0 heterocycles. The third-order valence-corrected chi connectivity index (χ3v) is 5.95. The van der Waals surface area contributed by atoms with Crippen LogP contribution < -0.4 is 4.74 Å². The van der Waals surface area contributed by atoms with Gasteiger partial charge in [-0.05, 0) is 36.5 Å². The van der Waals surface area contributed by atoms with Gasteiger partial charge in [-0.15, -0.1) is 0 Å². The van der Waals surface area contributed by atoms with Gasteiger partial charge in [0.15, 0.2) is 0 Å². The highest BCUT2D eigenvalue weighted by atomic mass is 32.2. The minimum Gasteiger partial charge on any atom is -0.495 e. The molecule has 0 bridgehead atoms. The average Bonchev–Trinajstić information content (AvgIpc) is 2.99. The second-order valence-corrected chi connectivity index (χ2v) is 7.59. The lowest BCUT2D eigenvalue weighted by atomic mass is 10.1. The SMILES string of the molecule is COc1cc(CO)ccc1S(=O)(=O)N(C)CC1CCCC1. The van der Waals surface area contributed by atoms with Crippen molar-refractivity contribution in [2.24, 2.45) is 5.92 Å². The largest absolute Gasteiger partial charge is 0.495 e. The van der Waals surface area contributed by atoms with Crippen LogP contribution >= 0.6 is 0 Å². The molecule has 0 amide bonds. The van der Waals surface area contributed by atoms with Gasteiger partial charge in [0.2, 0.25) is 10.0 Å². The van der Waals surface area contributed by atoms with Crippen LogP contribution in [0.1, 0.15) is 31.2 Å². The van der Waals surface area contributed by atoms with Gasteiger partial charge in [0, 0.05) is 13.6 Å². The van der Waals surface area contributed by atoms with E-state index in [9.17, 15) is 8.42 Å². The van der Waals surface area contributed by atoms with E-state index in [0.717, 1.165) is 12.8 Å². The molecule has 1 aromatic rings. The zero-order valence-corrected chi connectivity index (χ0v) is 13.4. The van der Waals surface area contributed by atoms with E-state index in [1.807, 2.05) is 0 Å². The van der Waals surface area contributed by atoms with Crippen LogP contribution in [0.4, 0.5) is 0 Å². The van der Waals surface area contributed by atoms with E-state index in [4.69, 9.17) is 9.84 Å². The van der Waals surface area contributed by atoms with Gasteiger partial charge in [-0.1, -0.05) is 18.9 Å². The predicted octanol–water partition coefficient (Wildman–Crippen LogP) is 2.00. The zero-order valence-electron chi connectivity index (χ0n) is 12.6. The predicted molar refractivity (Wildman–Crippen MR) is 80.7 cm³/mol. The molecule has 0 spiro atoms. The maximum Gasteiger partial charge on any atom is 0.246 e. The van der Waals surface area contributed by atoms with Gasteiger partial charge in [0.25, 0.3) is 0 Å². The monoisotopic (exact) mass is 313 g/mol. The summed E-state index contributed by atoms with van der Waals surface area (Å²) in [4.78, 5) is 0.155. The average molecular weight is 313 g/mol. The van der Waals surface area contributed by atoms with Gasteiger partial charge in [-0.3, -0.25) is 0 Å². The van der Waals surface area contributed by atoms with E-state index in [2.05, 4.69) is 0 Å². The van der Waals surface area contributed by atoms with E-state index < -0.39 is 10.0 Å². The van der Waals surface area contributed by atoms with Crippen molar-refractivity contribution in [3.63, 3.8) is 0 Å². The van der Waals surface area contributed by atoms with Gasteiger partial charge in [0.1, 0.15) is 10.6 Å². The van der Waals surface area contributed by atoms with Gasteiger partial charge in [-0.25, -0.2) is 12.7 Å². The topological polar surface area (TPSA) is 66.8 Å². The van der Waals surface area contributed by atoms with Crippen LogP contribution in [0.25, 0.3) is 0 Å². The number of nitrogens with zero attached hydrogens (tertiary/aromatic N) is 1. The summed E-state index contributed by atoms with van der Waals surface area (Å²) in [6, 6.07) is 4.68. The van der Waals surface area contributed by atoms with Crippen molar-refractivity contribution in [2.45, 2.75) is 37.2 Å². The van der Waals surface area contributed by atoms with Crippen LogP contribution in [0.2, 0.25) is 0 Å². The third kappa shape index (κ3) is 3.56. The number of sulfonamides is 1. The minimum atomic E-state index is -3.57. The molecule has 0 unspecified atom stereocenters. The smallest absolute Gasteiger partial charge is 0.246 e. The van der Waals surface area contributed by atoms with Gasteiger partial charge in [0.05, 0.1) is 13.7 Å². The lowest BCUT2D eigenvalue weighted by Gasteiger charge is -2.22. The van der Waals surface area contributed by atoms with Crippen molar-refractivity contribution >= 4 is 10.0 Å². The summed E-state index contributed by atoms with van der Waals surface area (Å²) in [6.45, 7) is 0.405. The second kappa shape index (κ2) is 6.77. The summed E-state index contributed by atoms with van der Waals surface area (Å²) in [5.74, 6) is 0.729. The number of hydrogen-bond donors (Lipinski definition) is 1. The van der Waals surface area contributed by atoms with Gasteiger partial charge >= 0.3 is 0 Å². The molecule has 1 aliphatic rings. The molecule has 0 atom stereocenters. The summed E-state index contributed by atoms with van der Waals surface area (Å²) >= 11 is 0. The first-order chi connectivity index (χ1) is 9.98. The molecular weight excluding hydrogens is 290 g/mol. The molecule has 0 radical (unpaired) electrons. The number of hydrogen-bond acceptors (Lipinski definition) is 4. The number of benzene rings is 1. The summed E-state index contributed by atoms with van der Waals surface area (Å²) in [5, 5.41) is 9.13. The molecule has 118 valence electrons. The van der Waals surface area contributed by atoms with Crippen LogP contribution in [0, 0.1) is 5.92 Å². The Hall–Kier alpha value is -1.11. The third-order valence-electron chi connectivity index (χ3n) is 4.09. The lowest BCUT2D eigenvalue weighted by Crippen LogP contribution is -2.31. The Labute approximate surface area is 126 Å². The first-order valence-corrected chi connectivity index (χ1v) is 8.67. The highest BCUT2D eigenvalue weighted by molar-refractivity contribution is 7.89. The van der Waals surface area contributed by atoms with E-state index in [1.54, 1.807) is 19.2 Å². The van der Waals surface area contributed by atoms with Crippen molar-refractivity contribution in [3.05, 3.63) is 23.8 Å². The molecule has 1 saturated carbocycles. The molecule has 1 fully saturated rings. The van der Waals surface area contributed by atoms with Crippen LogP contribution in [0.3, 0.4) is 0 Å². The first kappa shape index (κ1) is 16.3. The fourth-order valence-electron chi connectivity index (χ4n) is 2.85. The molecule has 1 aromatic carbocycles. The van der Waals surface area contributed by atoms with Crippen molar-refractivity contribution in [2.75, 3.05) is 20.7 Å². The minimum absolute atomic E-state index is 0.144. The highest BCUT2D eigenvalue weighted by Gasteiger charge is 2.28. The van der Waals surface area contributed by atoms with E-state index in [1.165, 1.54) is 30.3 Å². The molecular formula is C15H23NO4S. The van der Waals surface area contributed by atoms with Crippen molar-refractivity contribution < 1.29 is 18.3 Å². The van der Waals surface area contributed by atoms with E-state index in [-0.39, 0.29) is 17.3 Å². The fraction of sp³-hybridized carbons (Fsp3) is 0.600. The summed E-state index contributed by atoms with van der Waals surface area (Å²) in [7, 11) is -0.512. The number of aliphatic hydroxyl groups excluding tert-OH is 1. The molecule has 0 aliphatic heterocycles. The van der Waals surface area contributed by atoms with Gasteiger partial charge < -0.3 is 9.84 Å². The molecule has 1 aliphatic carbocycles. The zero-order chi connectivity index (χ0) is 15.5. The Morgan fingerprint density at radius 3 is 2.57 bits per heavy atom. The Bertz CT molecular complexity index is 579. The Morgan fingerprint density at radius 1 is 1.33 bits per heavy atom. The Morgan fingerprint density at radius 2 is 2.00 bits per heavy atom. The molecule has 2 rings (SSSR count). The summed E-state index contributed by atoms with van der Waals surface area (Å²) in [6.07, 6.45) is 4.57. The number of ether oxygens (including phenoxy) is 1. The molecule has 21 heavy (non-hydrogen) atoms. The molecule has 0 aromatic heterocycles. The lowest BCUT2D eigenvalue weighted by molar-refractivity contribution is 0.280. The maximum atomic E-state index is 12.7. The molecule has 6 heteroatoms. The Kier molecular flexibility index (Phi) is 5.24. The first-order valence-electron chi connectivity index (χ1n) is 7.23. The second-order valence-electron chi connectivity index (χ2n) is 5.58. The number of aliphatic hydroxyl groups is 1. The maximum absolute atomic E-state index is 12.7. The van der Waals surface area contributed by atoms with Crippen LogP contribution in [0.5, 0.6) is 5.75 Å². The highest BCUT2D eigenvalue weighted by Crippen LogP contribution is 2.30. The molecule has 0 saturated heterocycles. The van der Waals surface area contributed by atoms with Crippen molar-refractivity contribution in [1.29, 1.82) is 0 Å². The van der Waals surface area contributed by atoms with E-state index >= 15 is 0 Å².